The van der Waals surface area contributed by atoms with Crippen LogP contribution in [0, 0.1) is 11.3 Å². The van der Waals surface area contributed by atoms with E-state index in [1.807, 2.05) is 0 Å². The topological polar surface area (TPSA) is 63.3 Å². The zero-order valence-electron chi connectivity index (χ0n) is 11.5. The first-order chi connectivity index (χ1) is 9.77. The molecule has 1 aliphatic carbocycles. The number of nitrogens with two attached hydrogens (primary N) is 1. The Morgan fingerprint density at radius 2 is 2.00 bits per heavy atom. The summed E-state index contributed by atoms with van der Waals surface area (Å²) in [5.74, 6) is -0.704. The van der Waals surface area contributed by atoms with E-state index >= 15 is 0 Å². The van der Waals surface area contributed by atoms with E-state index in [1.54, 1.807) is 0 Å². The largest absolute Gasteiger partial charge is 0.481 e. The van der Waals surface area contributed by atoms with Gasteiger partial charge in [0, 0.05) is 6.54 Å². The number of hydrogen-bond acceptors (Lipinski definition) is 2. The van der Waals surface area contributed by atoms with Crippen LogP contribution in [0.4, 0.5) is 13.2 Å². The molecule has 1 aromatic rings. The SMILES string of the molecule is NCC(Cc1cccc(C(F)(F)F)c1)(CC1CC1)C(=O)O. The van der Waals surface area contributed by atoms with Gasteiger partial charge in [-0.2, -0.15) is 13.2 Å². The third-order valence-corrected chi connectivity index (χ3v) is 4.02. The molecular formula is C15H18F3NO2. The Morgan fingerprint density at radius 3 is 2.48 bits per heavy atom. The van der Waals surface area contributed by atoms with Gasteiger partial charge in [0.2, 0.25) is 0 Å². The molecule has 0 heterocycles. The van der Waals surface area contributed by atoms with E-state index < -0.39 is 23.1 Å². The number of hydrogen-bond donors (Lipinski definition) is 2. The highest BCUT2D eigenvalue weighted by atomic mass is 19.4. The summed E-state index contributed by atoms with van der Waals surface area (Å²) in [6.45, 7) is -0.0743. The summed E-state index contributed by atoms with van der Waals surface area (Å²) in [5, 5.41) is 9.49. The Bertz CT molecular complexity index is 526. The normalized spacial score (nSPS) is 18.3. The van der Waals surface area contributed by atoms with Crippen molar-refractivity contribution in [3.05, 3.63) is 35.4 Å². The molecule has 1 aliphatic rings. The van der Waals surface area contributed by atoms with Crippen LogP contribution in [0.25, 0.3) is 0 Å². The molecular weight excluding hydrogens is 283 g/mol. The van der Waals surface area contributed by atoms with Gasteiger partial charge in [0.1, 0.15) is 0 Å². The summed E-state index contributed by atoms with van der Waals surface area (Å²) in [5.41, 5.74) is 4.08. The molecule has 3 nitrogen and oxygen atoms in total. The summed E-state index contributed by atoms with van der Waals surface area (Å²) in [4.78, 5) is 11.6. The van der Waals surface area contributed by atoms with Crippen LogP contribution in [-0.2, 0) is 17.4 Å². The second-order valence-electron chi connectivity index (χ2n) is 5.81. The second kappa shape index (κ2) is 5.67. The summed E-state index contributed by atoms with van der Waals surface area (Å²) < 4.78 is 38.2. The molecule has 0 spiro atoms. The maximum Gasteiger partial charge on any atom is 0.416 e. The van der Waals surface area contributed by atoms with Crippen LogP contribution in [0.5, 0.6) is 0 Å². The second-order valence-corrected chi connectivity index (χ2v) is 5.81. The van der Waals surface area contributed by atoms with E-state index in [9.17, 15) is 23.1 Å². The van der Waals surface area contributed by atoms with Gasteiger partial charge in [0.15, 0.2) is 0 Å². The van der Waals surface area contributed by atoms with Crippen LogP contribution < -0.4 is 5.73 Å². The highest BCUT2D eigenvalue weighted by molar-refractivity contribution is 5.75. The number of carboxylic acid groups (broad SMARTS) is 1. The van der Waals surface area contributed by atoms with Gasteiger partial charge in [0.05, 0.1) is 11.0 Å². The Balaban J connectivity index is 2.25. The lowest BCUT2D eigenvalue weighted by molar-refractivity contribution is -0.149. The minimum Gasteiger partial charge on any atom is -0.481 e. The van der Waals surface area contributed by atoms with Gasteiger partial charge in [-0.3, -0.25) is 4.79 Å². The van der Waals surface area contributed by atoms with Crippen LogP contribution in [0.1, 0.15) is 30.4 Å². The number of alkyl halides is 3. The van der Waals surface area contributed by atoms with Crippen molar-refractivity contribution in [2.45, 2.75) is 31.9 Å². The number of aliphatic carboxylic acids is 1. The van der Waals surface area contributed by atoms with Crippen molar-refractivity contribution in [3.63, 3.8) is 0 Å². The smallest absolute Gasteiger partial charge is 0.416 e. The third-order valence-electron chi connectivity index (χ3n) is 4.02. The predicted octanol–water partition coefficient (Wildman–Crippen LogP) is 3.08. The van der Waals surface area contributed by atoms with E-state index in [1.165, 1.54) is 12.1 Å². The molecule has 0 amide bonds. The first-order valence-corrected chi connectivity index (χ1v) is 6.86. The molecule has 1 fully saturated rings. The van der Waals surface area contributed by atoms with Crippen LogP contribution in [0.3, 0.4) is 0 Å². The first kappa shape index (κ1) is 15.8. The fourth-order valence-electron chi connectivity index (χ4n) is 2.60. The molecule has 116 valence electrons. The average molecular weight is 301 g/mol. The molecule has 21 heavy (non-hydrogen) atoms. The highest BCUT2D eigenvalue weighted by Crippen LogP contribution is 2.42. The monoisotopic (exact) mass is 301 g/mol. The quantitative estimate of drug-likeness (QED) is 0.848. The van der Waals surface area contributed by atoms with Crippen molar-refractivity contribution < 1.29 is 23.1 Å². The first-order valence-electron chi connectivity index (χ1n) is 6.86. The highest BCUT2D eigenvalue weighted by Gasteiger charge is 2.42. The van der Waals surface area contributed by atoms with Gasteiger partial charge in [-0.05, 0) is 30.4 Å². The fraction of sp³-hybridized carbons (Fsp3) is 0.533. The standard InChI is InChI=1S/C15H18F3NO2/c16-15(17,18)12-3-1-2-11(6-12)8-14(9-19,13(20)21)7-10-4-5-10/h1-3,6,10H,4-5,7-9,19H2,(H,20,21). The lowest BCUT2D eigenvalue weighted by atomic mass is 9.77. The van der Waals surface area contributed by atoms with Crippen molar-refractivity contribution in [1.29, 1.82) is 0 Å². The lowest BCUT2D eigenvalue weighted by Gasteiger charge is -2.28. The zero-order valence-corrected chi connectivity index (χ0v) is 11.5. The number of carbonyl (C=O) groups is 1. The van der Waals surface area contributed by atoms with Crippen LogP contribution in [0.15, 0.2) is 24.3 Å². The van der Waals surface area contributed by atoms with Gasteiger partial charge in [0.25, 0.3) is 0 Å². The Labute approximate surface area is 121 Å². The molecule has 1 saturated carbocycles. The van der Waals surface area contributed by atoms with Gasteiger partial charge in [-0.1, -0.05) is 31.0 Å². The number of benzene rings is 1. The summed E-state index contributed by atoms with van der Waals surface area (Å²) in [7, 11) is 0. The van der Waals surface area contributed by atoms with Gasteiger partial charge in [-0.25, -0.2) is 0 Å². The minimum atomic E-state index is -4.43. The molecule has 1 atom stereocenters. The number of rotatable bonds is 6. The maximum absolute atomic E-state index is 12.7. The Morgan fingerprint density at radius 1 is 1.33 bits per heavy atom. The predicted molar refractivity (Wildman–Crippen MR) is 71.6 cm³/mol. The van der Waals surface area contributed by atoms with Crippen LogP contribution in [-0.4, -0.2) is 17.6 Å². The summed E-state index contributed by atoms with van der Waals surface area (Å²) in [6.07, 6.45) is -2.04. The van der Waals surface area contributed by atoms with E-state index in [-0.39, 0.29) is 13.0 Å². The summed E-state index contributed by atoms with van der Waals surface area (Å²) in [6, 6.07) is 4.82. The number of halogens is 3. The minimum absolute atomic E-state index is 0.0270. The lowest BCUT2D eigenvalue weighted by Crippen LogP contribution is -2.41. The Hall–Kier alpha value is -1.56. The molecule has 6 heteroatoms. The molecule has 2 rings (SSSR count). The van der Waals surface area contributed by atoms with Crippen molar-refractivity contribution in [1.82, 2.24) is 0 Å². The average Bonchev–Trinajstić information content (AvgIpc) is 3.21. The van der Waals surface area contributed by atoms with Crippen molar-refractivity contribution >= 4 is 5.97 Å². The molecule has 1 unspecified atom stereocenters. The molecule has 0 aliphatic heterocycles. The maximum atomic E-state index is 12.7. The third kappa shape index (κ3) is 3.75. The van der Waals surface area contributed by atoms with Crippen LogP contribution >= 0.6 is 0 Å². The zero-order chi connectivity index (χ0) is 15.7. The van der Waals surface area contributed by atoms with Gasteiger partial charge in [-0.15, -0.1) is 0 Å². The fourth-order valence-corrected chi connectivity index (χ4v) is 2.60. The van der Waals surface area contributed by atoms with Gasteiger partial charge >= 0.3 is 12.1 Å². The molecule has 1 aromatic carbocycles. The number of carboxylic acids is 1. The molecule has 0 bridgehead atoms. The van der Waals surface area contributed by atoms with Crippen molar-refractivity contribution in [2.75, 3.05) is 6.54 Å². The van der Waals surface area contributed by atoms with E-state index in [0.29, 0.717) is 17.9 Å². The molecule has 3 N–H and O–H groups in total. The van der Waals surface area contributed by atoms with Crippen molar-refractivity contribution in [3.8, 4) is 0 Å². The Kier molecular flexibility index (Phi) is 4.27. The van der Waals surface area contributed by atoms with E-state index in [4.69, 9.17) is 5.73 Å². The van der Waals surface area contributed by atoms with E-state index in [0.717, 1.165) is 25.0 Å². The summed E-state index contributed by atoms with van der Waals surface area (Å²) >= 11 is 0. The van der Waals surface area contributed by atoms with E-state index in [2.05, 4.69) is 0 Å². The molecule has 0 radical (unpaired) electrons. The van der Waals surface area contributed by atoms with Gasteiger partial charge < -0.3 is 10.8 Å². The van der Waals surface area contributed by atoms with Crippen molar-refractivity contribution in [2.24, 2.45) is 17.1 Å². The van der Waals surface area contributed by atoms with Crippen LogP contribution in [0.2, 0.25) is 0 Å². The molecule has 0 saturated heterocycles. The molecule has 0 aromatic heterocycles.